The molecule has 0 spiro atoms. The van der Waals surface area contributed by atoms with Gasteiger partial charge in [0, 0.05) is 78.3 Å². The highest BCUT2D eigenvalue weighted by Crippen LogP contribution is 2.36. The predicted octanol–water partition coefficient (Wildman–Crippen LogP) is 3.35. The van der Waals surface area contributed by atoms with Crippen molar-refractivity contribution in [2.75, 3.05) is 25.0 Å². The summed E-state index contributed by atoms with van der Waals surface area (Å²) >= 11 is 0. The zero-order chi connectivity index (χ0) is 27.8. The smallest absolute Gasteiger partial charge is 0.254 e. The third kappa shape index (κ3) is 4.14. The SMILES string of the molecule is C#Cc1ccc(C(=O)N2C3CC2CN(c2ccc(-c4cc(C(C=NC)=CN)cn5ncc(C#N)c45)cn2)C3)cc1. The van der Waals surface area contributed by atoms with E-state index in [1.807, 2.05) is 35.5 Å². The number of hydrogen-bond acceptors (Lipinski definition) is 7. The molecule has 3 aliphatic heterocycles. The van der Waals surface area contributed by atoms with Crippen molar-refractivity contribution in [1.29, 1.82) is 5.26 Å². The lowest BCUT2D eigenvalue weighted by molar-refractivity contribution is 0.00577. The van der Waals surface area contributed by atoms with E-state index in [1.54, 1.807) is 48.2 Å². The Morgan fingerprint density at radius 1 is 1.15 bits per heavy atom. The van der Waals surface area contributed by atoms with E-state index in [4.69, 9.17) is 17.1 Å². The van der Waals surface area contributed by atoms with E-state index in [2.05, 4.69) is 27.0 Å². The number of nitrogens with zero attached hydrogens (tertiary/aromatic N) is 7. The van der Waals surface area contributed by atoms with Crippen LogP contribution in [0.15, 0.2) is 72.2 Å². The lowest BCUT2D eigenvalue weighted by Crippen LogP contribution is -2.70. The highest BCUT2D eigenvalue weighted by molar-refractivity contribution is 6.10. The molecule has 9 nitrogen and oxygen atoms in total. The molecule has 1 amide bonds. The van der Waals surface area contributed by atoms with Crippen LogP contribution in [0.4, 0.5) is 5.82 Å². The molecule has 2 atom stereocenters. The molecule has 3 aliphatic rings. The quantitative estimate of drug-likeness (QED) is 0.315. The number of amides is 1. The maximum Gasteiger partial charge on any atom is 0.254 e. The standard InChI is InChI=1S/C31H26N8O/c1-3-20-4-6-21(7-5-20)31(40)39-26-11-27(39)19-37(18-26)29-9-8-22(15-35-29)28-10-23(24(12-32)14-34-2)17-38-30(28)25(13-33)16-36-38/h1,4-10,12,14-17,26-27H,11,18-19,32H2,2H3. The Balaban J connectivity index is 1.25. The number of nitriles is 1. The van der Waals surface area contributed by atoms with Crippen LogP contribution in [0.1, 0.15) is 33.5 Å². The van der Waals surface area contributed by atoms with Gasteiger partial charge in [0.2, 0.25) is 0 Å². The zero-order valence-corrected chi connectivity index (χ0v) is 21.9. The van der Waals surface area contributed by atoms with Crippen molar-refractivity contribution < 1.29 is 4.79 Å². The van der Waals surface area contributed by atoms with Gasteiger partial charge in [-0.2, -0.15) is 10.4 Å². The van der Waals surface area contributed by atoms with Crippen molar-refractivity contribution in [2.24, 2.45) is 10.7 Å². The molecule has 0 aliphatic carbocycles. The Bertz CT molecular complexity index is 1740. The molecule has 9 heteroatoms. The van der Waals surface area contributed by atoms with E-state index in [9.17, 15) is 10.1 Å². The van der Waals surface area contributed by atoms with E-state index < -0.39 is 0 Å². The number of aromatic nitrogens is 3. The molecule has 2 N–H and O–H groups in total. The molecule has 2 unspecified atom stereocenters. The van der Waals surface area contributed by atoms with Crippen LogP contribution in [0, 0.1) is 23.7 Å². The van der Waals surface area contributed by atoms with Crippen LogP contribution < -0.4 is 10.6 Å². The molecule has 0 saturated carbocycles. The van der Waals surface area contributed by atoms with Gasteiger partial charge in [-0.25, -0.2) is 9.50 Å². The van der Waals surface area contributed by atoms with Crippen LogP contribution in [-0.4, -0.2) is 63.8 Å². The van der Waals surface area contributed by atoms with Gasteiger partial charge in [-0.1, -0.05) is 5.92 Å². The third-order valence-electron chi connectivity index (χ3n) is 7.62. The molecule has 7 rings (SSSR count). The molecule has 2 bridgehead atoms. The van der Waals surface area contributed by atoms with Crippen molar-refractivity contribution in [1.82, 2.24) is 19.5 Å². The number of piperidine rings is 1. The molecule has 4 aromatic rings. The Kier molecular flexibility index (Phi) is 6.25. The van der Waals surface area contributed by atoms with E-state index in [-0.39, 0.29) is 18.0 Å². The summed E-state index contributed by atoms with van der Waals surface area (Å²) in [5, 5.41) is 14.1. The fraction of sp³-hybridized carbons (Fsp3) is 0.194. The first-order valence-corrected chi connectivity index (χ1v) is 12.9. The number of aliphatic imine (C=N–C) groups is 1. The van der Waals surface area contributed by atoms with E-state index >= 15 is 0 Å². The van der Waals surface area contributed by atoms with Crippen LogP contribution in [0.2, 0.25) is 0 Å². The third-order valence-corrected chi connectivity index (χ3v) is 7.62. The first-order valence-electron chi connectivity index (χ1n) is 12.9. The maximum absolute atomic E-state index is 13.2. The molecule has 0 radical (unpaired) electrons. The Morgan fingerprint density at radius 2 is 1.93 bits per heavy atom. The van der Waals surface area contributed by atoms with Crippen molar-refractivity contribution in [3.8, 4) is 29.5 Å². The lowest BCUT2D eigenvalue weighted by Gasteiger charge is -2.56. The summed E-state index contributed by atoms with van der Waals surface area (Å²) in [6, 6.07) is 15.7. The van der Waals surface area contributed by atoms with Crippen LogP contribution in [0.5, 0.6) is 0 Å². The average molecular weight is 527 g/mol. The molecule has 6 heterocycles. The minimum atomic E-state index is 0.0461. The van der Waals surface area contributed by atoms with Gasteiger partial charge < -0.3 is 15.5 Å². The predicted molar refractivity (Wildman–Crippen MR) is 155 cm³/mol. The molecule has 40 heavy (non-hydrogen) atoms. The monoisotopic (exact) mass is 526 g/mol. The molecular formula is C31H26N8O. The summed E-state index contributed by atoms with van der Waals surface area (Å²) in [6.45, 7) is 1.44. The summed E-state index contributed by atoms with van der Waals surface area (Å²) in [5.74, 6) is 3.49. The van der Waals surface area contributed by atoms with Gasteiger partial charge in [0.1, 0.15) is 11.9 Å². The second-order valence-corrected chi connectivity index (χ2v) is 9.90. The summed E-state index contributed by atoms with van der Waals surface area (Å²) in [4.78, 5) is 26.2. The highest BCUT2D eigenvalue weighted by Gasteiger charge is 2.47. The number of rotatable bonds is 5. The number of fused-ring (bicyclic) bond motifs is 3. The molecule has 3 aromatic heterocycles. The summed E-state index contributed by atoms with van der Waals surface area (Å²) < 4.78 is 1.69. The van der Waals surface area contributed by atoms with Crippen LogP contribution in [0.25, 0.3) is 22.2 Å². The molecule has 3 fully saturated rings. The number of carbonyl (C=O) groups excluding carboxylic acids is 1. The number of nitrogens with two attached hydrogens (primary N) is 1. The van der Waals surface area contributed by atoms with Crippen molar-refractivity contribution in [3.05, 3.63) is 89.5 Å². The minimum absolute atomic E-state index is 0.0461. The van der Waals surface area contributed by atoms with Crippen molar-refractivity contribution in [3.63, 3.8) is 0 Å². The van der Waals surface area contributed by atoms with Gasteiger partial charge in [0.25, 0.3) is 5.91 Å². The zero-order valence-electron chi connectivity index (χ0n) is 21.9. The fourth-order valence-electron chi connectivity index (χ4n) is 5.65. The van der Waals surface area contributed by atoms with E-state index in [0.29, 0.717) is 16.6 Å². The lowest BCUT2D eigenvalue weighted by atomic mass is 9.86. The summed E-state index contributed by atoms with van der Waals surface area (Å²) in [7, 11) is 1.68. The number of terminal acetylenes is 1. The summed E-state index contributed by atoms with van der Waals surface area (Å²) in [6.07, 6.45) is 14.8. The van der Waals surface area contributed by atoms with Gasteiger partial charge >= 0.3 is 0 Å². The van der Waals surface area contributed by atoms with Gasteiger partial charge in [-0.15, -0.1) is 6.42 Å². The number of anilines is 1. The number of allylic oxidation sites excluding steroid dienone is 1. The topological polar surface area (TPSA) is 116 Å². The minimum Gasteiger partial charge on any atom is -0.404 e. The van der Waals surface area contributed by atoms with E-state index in [0.717, 1.165) is 53.2 Å². The number of carbonyl (C=O) groups is 1. The summed E-state index contributed by atoms with van der Waals surface area (Å²) in [5.41, 5.74) is 11.7. The van der Waals surface area contributed by atoms with Gasteiger partial charge in [0.05, 0.1) is 29.4 Å². The molecular weight excluding hydrogens is 500 g/mol. The number of benzene rings is 1. The maximum atomic E-state index is 13.2. The fourth-order valence-corrected chi connectivity index (χ4v) is 5.65. The Labute approximate surface area is 231 Å². The van der Waals surface area contributed by atoms with Crippen molar-refractivity contribution >= 4 is 29.0 Å². The first kappa shape index (κ1) is 24.9. The number of pyridine rings is 2. The van der Waals surface area contributed by atoms with Crippen LogP contribution >= 0.6 is 0 Å². The van der Waals surface area contributed by atoms with Gasteiger partial charge in [-0.05, 0) is 48.9 Å². The number of piperazine rings is 1. The first-order chi connectivity index (χ1) is 19.5. The van der Waals surface area contributed by atoms with Crippen LogP contribution in [-0.2, 0) is 0 Å². The highest BCUT2D eigenvalue weighted by atomic mass is 16.2. The average Bonchev–Trinajstić information content (AvgIpc) is 3.42. The van der Waals surface area contributed by atoms with Crippen molar-refractivity contribution in [2.45, 2.75) is 18.5 Å². The molecule has 3 saturated heterocycles. The van der Waals surface area contributed by atoms with Gasteiger partial charge in [-0.3, -0.25) is 9.79 Å². The second-order valence-electron chi connectivity index (χ2n) is 9.90. The normalized spacial score (nSPS) is 18.4. The molecule has 1 aromatic carbocycles. The Morgan fingerprint density at radius 3 is 2.55 bits per heavy atom. The largest absolute Gasteiger partial charge is 0.404 e. The Hall–Kier alpha value is -5.41. The number of hydrogen-bond donors (Lipinski definition) is 1. The van der Waals surface area contributed by atoms with Crippen LogP contribution in [0.3, 0.4) is 0 Å². The van der Waals surface area contributed by atoms with Gasteiger partial charge in [0.15, 0.2) is 0 Å². The second kappa shape index (κ2) is 10.0. The van der Waals surface area contributed by atoms with E-state index in [1.165, 1.54) is 6.20 Å². The molecule has 196 valence electrons.